The minimum atomic E-state index is -0.866. The molecular formula is C15H20Cl2N2O4. The average Bonchev–Trinajstić information content (AvgIpc) is 2.92. The van der Waals surface area contributed by atoms with Crippen LogP contribution in [0.1, 0.15) is 12.8 Å². The van der Waals surface area contributed by atoms with Crippen molar-refractivity contribution in [3.05, 3.63) is 29.3 Å². The molecule has 6 nitrogen and oxygen atoms in total. The molecule has 2 N–H and O–H groups in total. The minimum Gasteiger partial charge on any atom is -0.492 e. The molecule has 0 bridgehead atoms. The predicted molar refractivity (Wildman–Crippen MR) is 89.4 cm³/mol. The monoisotopic (exact) mass is 362 g/mol. The Morgan fingerprint density at radius 3 is 2.91 bits per heavy atom. The van der Waals surface area contributed by atoms with Crippen molar-refractivity contribution < 1.29 is 19.4 Å². The lowest BCUT2D eigenvalue weighted by atomic mass is 10.2. The zero-order valence-corrected chi connectivity index (χ0v) is 14.1. The quantitative estimate of drug-likeness (QED) is 0.723. The minimum absolute atomic E-state index is 0. The number of rotatable bonds is 7. The predicted octanol–water partition coefficient (Wildman–Crippen LogP) is 1.81. The van der Waals surface area contributed by atoms with Gasteiger partial charge in [-0.3, -0.25) is 14.5 Å². The number of nitrogens with zero attached hydrogens (tertiary/aromatic N) is 1. The molecule has 0 spiro atoms. The van der Waals surface area contributed by atoms with Crippen LogP contribution < -0.4 is 10.1 Å². The van der Waals surface area contributed by atoms with Gasteiger partial charge in [0.25, 0.3) is 0 Å². The Kier molecular flexibility index (Phi) is 8.16. The largest absolute Gasteiger partial charge is 0.492 e. The number of likely N-dealkylation sites (tertiary alicyclic amines) is 1. The first-order valence-corrected chi connectivity index (χ1v) is 7.56. The van der Waals surface area contributed by atoms with Gasteiger partial charge in [0.1, 0.15) is 18.4 Å². The number of hydrogen-bond donors (Lipinski definition) is 2. The summed E-state index contributed by atoms with van der Waals surface area (Å²) in [5, 5.41) is 12.4. The van der Waals surface area contributed by atoms with Crippen molar-refractivity contribution in [3.8, 4) is 5.75 Å². The molecular weight excluding hydrogens is 343 g/mol. The Morgan fingerprint density at radius 1 is 1.43 bits per heavy atom. The molecule has 1 amide bonds. The molecule has 0 unspecified atom stereocenters. The van der Waals surface area contributed by atoms with Crippen LogP contribution in [0.25, 0.3) is 0 Å². The summed E-state index contributed by atoms with van der Waals surface area (Å²) >= 11 is 5.84. The molecule has 1 saturated heterocycles. The number of aliphatic carboxylic acids is 1. The second-order valence-electron chi connectivity index (χ2n) is 5.12. The molecule has 0 radical (unpaired) electrons. The highest BCUT2D eigenvalue weighted by atomic mass is 35.5. The first-order chi connectivity index (χ1) is 10.6. The number of ether oxygens (including phenoxy) is 1. The Labute approximate surface area is 146 Å². The number of nitrogens with one attached hydrogen (secondary N) is 1. The van der Waals surface area contributed by atoms with Gasteiger partial charge in [-0.25, -0.2) is 0 Å². The Hall–Kier alpha value is -1.50. The van der Waals surface area contributed by atoms with Crippen molar-refractivity contribution in [2.45, 2.75) is 18.9 Å². The fourth-order valence-electron chi connectivity index (χ4n) is 2.45. The molecule has 23 heavy (non-hydrogen) atoms. The van der Waals surface area contributed by atoms with E-state index in [2.05, 4.69) is 5.32 Å². The first kappa shape index (κ1) is 19.5. The van der Waals surface area contributed by atoms with Crippen LogP contribution in [0.4, 0.5) is 0 Å². The smallest absolute Gasteiger partial charge is 0.320 e. The average molecular weight is 363 g/mol. The van der Waals surface area contributed by atoms with Gasteiger partial charge in [-0.15, -0.1) is 12.4 Å². The summed E-state index contributed by atoms with van der Waals surface area (Å²) in [4.78, 5) is 24.5. The maximum Gasteiger partial charge on any atom is 0.320 e. The van der Waals surface area contributed by atoms with Crippen LogP contribution in [0, 0.1) is 0 Å². The van der Waals surface area contributed by atoms with Gasteiger partial charge in [0.05, 0.1) is 13.1 Å². The van der Waals surface area contributed by atoms with E-state index in [0.717, 1.165) is 6.42 Å². The van der Waals surface area contributed by atoms with Gasteiger partial charge in [-0.05, 0) is 37.6 Å². The normalized spacial score (nSPS) is 17.3. The molecule has 1 aromatic carbocycles. The SMILES string of the molecule is Cl.O=C(CN1CCC[C@H]1C(=O)O)NCCOc1cccc(Cl)c1. The lowest BCUT2D eigenvalue weighted by Crippen LogP contribution is -2.43. The van der Waals surface area contributed by atoms with Crippen molar-refractivity contribution in [3.63, 3.8) is 0 Å². The first-order valence-electron chi connectivity index (χ1n) is 7.18. The molecule has 1 fully saturated rings. The van der Waals surface area contributed by atoms with Gasteiger partial charge in [0.15, 0.2) is 0 Å². The number of halogens is 2. The molecule has 2 rings (SSSR count). The van der Waals surface area contributed by atoms with Crippen molar-refractivity contribution in [1.82, 2.24) is 10.2 Å². The van der Waals surface area contributed by atoms with E-state index in [1.165, 1.54) is 0 Å². The Bertz CT molecular complexity index is 542. The second-order valence-corrected chi connectivity index (χ2v) is 5.56. The van der Waals surface area contributed by atoms with E-state index in [9.17, 15) is 9.59 Å². The molecule has 1 aliphatic heterocycles. The number of carbonyl (C=O) groups is 2. The molecule has 0 saturated carbocycles. The van der Waals surface area contributed by atoms with Gasteiger partial charge in [-0.2, -0.15) is 0 Å². The summed E-state index contributed by atoms with van der Waals surface area (Å²) in [6, 6.07) is 6.48. The van der Waals surface area contributed by atoms with Crippen molar-refractivity contribution in [2.24, 2.45) is 0 Å². The van der Waals surface area contributed by atoms with Crippen molar-refractivity contribution >= 4 is 35.9 Å². The summed E-state index contributed by atoms with van der Waals surface area (Å²) in [5.41, 5.74) is 0. The number of carbonyl (C=O) groups excluding carboxylic acids is 1. The lowest BCUT2D eigenvalue weighted by Gasteiger charge is -2.20. The topological polar surface area (TPSA) is 78.9 Å². The summed E-state index contributed by atoms with van der Waals surface area (Å²) < 4.78 is 5.46. The van der Waals surface area contributed by atoms with Crippen molar-refractivity contribution in [1.29, 1.82) is 0 Å². The van der Waals surface area contributed by atoms with Crippen LogP contribution in [0.15, 0.2) is 24.3 Å². The second kappa shape index (κ2) is 9.60. The number of hydrogen-bond acceptors (Lipinski definition) is 4. The van der Waals surface area contributed by atoms with Gasteiger partial charge in [0.2, 0.25) is 5.91 Å². The zero-order chi connectivity index (χ0) is 15.9. The van der Waals surface area contributed by atoms with E-state index in [-0.39, 0.29) is 24.9 Å². The van der Waals surface area contributed by atoms with Crippen molar-refractivity contribution in [2.75, 3.05) is 26.2 Å². The van der Waals surface area contributed by atoms with Crippen LogP contribution in [0.3, 0.4) is 0 Å². The lowest BCUT2D eigenvalue weighted by molar-refractivity contribution is -0.142. The third-order valence-corrected chi connectivity index (χ3v) is 3.72. The van der Waals surface area contributed by atoms with Crippen LogP contribution in [0.2, 0.25) is 5.02 Å². The van der Waals surface area contributed by atoms with Gasteiger partial charge < -0.3 is 15.2 Å². The molecule has 0 aliphatic carbocycles. The maximum atomic E-state index is 11.8. The van der Waals surface area contributed by atoms with E-state index >= 15 is 0 Å². The van der Waals surface area contributed by atoms with E-state index in [1.54, 1.807) is 29.2 Å². The van der Waals surface area contributed by atoms with E-state index in [4.69, 9.17) is 21.4 Å². The molecule has 1 aliphatic rings. The fourth-order valence-corrected chi connectivity index (χ4v) is 2.63. The van der Waals surface area contributed by atoms with Gasteiger partial charge in [0, 0.05) is 5.02 Å². The number of benzene rings is 1. The van der Waals surface area contributed by atoms with Crippen LogP contribution >= 0.6 is 24.0 Å². The van der Waals surface area contributed by atoms with Gasteiger partial charge in [-0.1, -0.05) is 17.7 Å². The summed E-state index contributed by atoms with van der Waals surface area (Å²) in [7, 11) is 0. The Morgan fingerprint density at radius 2 is 2.22 bits per heavy atom. The summed E-state index contributed by atoms with van der Waals surface area (Å²) in [6.07, 6.45) is 1.41. The number of carboxylic acid groups (broad SMARTS) is 1. The van der Waals surface area contributed by atoms with E-state index in [1.807, 2.05) is 0 Å². The van der Waals surface area contributed by atoms with E-state index < -0.39 is 12.0 Å². The van der Waals surface area contributed by atoms with E-state index in [0.29, 0.717) is 36.9 Å². The van der Waals surface area contributed by atoms with Gasteiger partial charge >= 0.3 is 5.97 Å². The van der Waals surface area contributed by atoms with Crippen LogP contribution in [0.5, 0.6) is 5.75 Å². The van der Waals surface area contributed by atoms with Crippen LogP contribution in [-0.4, -0.2) is 54.2 Å². The molecule has 8 heteroatoms. The molecule has 0 aromatic heterocycles. The number of amides is 1. The zero-order valence-electron chi connectivity index (χ0n) is 12.5. The Balaban J connectivity index is 0.00000264. The highest BCUT2D eigenvalue weighted by Crippen LogP contribution is 2.17. The highest BCUT2D eigenvalue weighted by Gasteiger charge is 2.31. The highest BCUT2D eigenvalue weighted by molar-refractivity contribution is 6.30. The summed E-state index contributed by atoms with van der Waals surface area (Å²) in [5.74, 6) is -0.412. The molecule has 1 atom stereocenters. The molecule has 1 aromatic rings. The maximum absolute atomic E-state index is 11.8. The third-order valence-electron chi connectivity index (χ3n) is 3.48. The van der Waals surface area contributed by atoms with Crippen LogP contribution in [-0.2, 0) is 9.59 Å². The number of carboxylic acids is 1. The molecule has 1 heterocycles. The molecule has 128 valence electrons. The standard InChI is InChI=1S/C15H19ClN2O4.ClH/c16-11-3-1-4-12(9-11)22-8-6-17-14(19)10-18-7-2-5-13(18)15(20)21;/h1,3-4,9,13H,2,5-8,10H2,(H,17,19)(H,20,21);1H/t13-;/m0./s1. The summed E-state index contributed by atoms with van der Waals surface area (Å²) in [6.45, 7) is 1.43. The third kappa shape index (κ3) is 6.25. The fraction of sp³-hybridized carbons (Fsp3) is 0.467.